The molecule has 2 aromatic carbocycles. The second-order valence-electron chi connectivity index (χ2n) is 4.51. The molecule has 0 unspecified atom stereocenters. The molecule has 0 radical (unpaired) electrons. The molecule has 2 aromatic rings. The Labute approximate surface area is 151 Å². The van der Waals surface area contributed by atoms with Crippen LogP contribution in [-0.2, 0) is 6.42 Å². The van der Waals surface area contributed by atoms with Gasteiger partial charge < -0.3 is 25.1 Å². The minimum Gasteiger partial charge on any atom is -0.545 e. The summed E-state index contributed by atoms with van der Waals surface area (Å²) in [6.45, 7) is 0.609. The zero-order valence-corrected chi connectivity index (χ0v) is 14.6. The number of nitrogens with one attached hydrogen (secondary N) is 1. The van der Waals surface area contributed by atoms with Gasteiger partial charge in [0.25, 0.3) is 0 Å². The van der Waals surface area contributed by atoms with Crippen LogP contribution < -0.4 is 44.7 Å². The number of methoxy groups -OCH3 is 1. The Hall–Kier alpha value is -1.69. The molecule has 0 fully saturated rings. The number of aromatic hydroxyl groups is 1. The molecule has 0 bridgehead atoms. The van der Waals surface area contributed by atoms with Crippen molar-refractivity contribution >= 4 is 11.7 Å². The van der Waals surface area contributed by atoms with E-state index in [1.165, 1.54) is 12.1 Å². The standard InChI is InChI=1S/C16H17NO4.Na/c1-21-15-5-3-2-4-11(15)8-9-17-12-6-7-14(18)13(10-12)16(19)20;/h2-7,10,17-18H,8-9H2,1H3,(H,19,20);/q;+1/p-1. The Morgan fingerprint density at radius 1 is 1.27 bits per heavy atom. The Morgan fingerprint density at radius 2 is 2.00 bits per heavy atom. The molecule has 0 spiro atoms. The molecule has 110 valence electrons. The number of carbonyl (C=O) groups is 1. The number of anilines is 1. The number of phenols is 1. The van der Waals surface area contributed by atoms with E-state index in [-0.39, 0.29) is 40.9 Å². The van der Waals surface area contributed by atoms with Gasteiger partial charge in [-0.25, -0.2) is 0 Å². The van der Waals surface area contributed by atoms with Crippen molar-refractivity contribution in [3.8, 4) is 11.5 Å². The fourth-order valence-electron chi connectivity index (χ4n) is 2.06. The summed E-state index contributed by atoms with van der Waals surface area (Å²) in [5.41, 5.74) is 1.45. The van der Waals surface area contributed by atoms with Crippen LogP contribution in [0, 0.1) is 0 Å². The maximum Gasteiger partial charge on any atom is 1.00 e. The van der Waals surface area contributed by atoms with Crippen LogP contribution >= 0.6 is 0 Å². The molecular formula is C16H16NNaO4. The van der Waals surface area contributed by atoms with Gasteiger partial charge in [0.2, 0.25) is 0 Å². The third-order valence-electron chi connectivity index (χ3n) is 3.13. The second kappa shape index (κ2) is 8.68. The zero-order chi connectivity index (χ0) is 15.2. The summed E-state index contributed by atoms with van der Waals surface area (Å²) >= 11 is 0. The summed E-state index contributed by atoms with van der Waals surface area (Å²) in [6.07, 6.45) is 0.728. The minimum atomic E-state index is -1.40. The van der Waals surface area contributed by atoms with E-state index in [4.69, 9.17) is 4.74 Å². The molecule has 2 N–H and O–H groups in total. The van der Waals surface area contributed by atoms with Crippen LogP contribution in [0.15, 0.2) is 42.5 Å². The third kappa shape index (κ3) is 4.66. The van der Waals surface area contributed by atoms with Crippen molar-refractivity contribution in [3.05, 3.63) is 53.6 Å². The molecule has 0 saturated heterocycles. The molecule has 0 aromatic heterocycles. The van der Waals surface area contributed by atoms with E-state index in [1.807, 2.05) is 24.3 Å². The van der Waals surface area contributed by atoms with Gasteiger partial charge in [0.15, 0.2) is 0 Å². The van der Waals surface area contributed by atoms with Gasteiger partial charge >= 0.3 is 29.6 Å². The first-order valence-electron chi connectivity index (χ1n) is 6.52. The first-order chi connectivity index (χ1) is 10.1. The molecule has 5 nitrogen and oxygen atoms in total. The first kappa shape index (κ1) is 18.4. The summed E-state index contributed by atoms with van der Waals surface area (Å²) in [6, 6.07) is 12.0. The van der Waals surface area contributed by atoms with E-state index in [1.54, 1.807) is 13.2 Å². The quantitative estimate of drug-likeness (QED) is 0.497. The van der Waals surface area contributed by atoms with E-state index in [0.29, 0.717) is 12.2 Å². The summed E-state index contributed by atoms with van der Waals surface area (Å²) in [4.78, 5) is 10.8. The number of para-hydroxylation sites is 1. The SMILES string of the molecule is COc1ccccc1CCNc1ccc(O)c(C(=O)[O-])c1.[Na+]. The average molecular weight is 309 g/mol. The van der Waals surface area contributed by atoms with Crippen molar-refractivity contribution in [1.82, 2.24) is 0 Å². The molecule has 0 aliphatic rings. The number of hydrogen-bond donors (Lipinski definition) is 2. The van der Waals surface area contributed by atoms with E-state index >= 15 is 0 Å². The maximum absolute atomic E-state index is 10.8. The Kier molecular flexibility index (Phi) is 7.24. The fourth-order valence-corrected chi connectivity index (χ4v) is 2.06. The number of carboxylic acid groups (broad SMARTS) is 1. The van der Waals surface area contributed by atoms with Crippen LogP contribution in [0.1, 0.15) is 15.9 Å². The Bertz CT molecular complexity index is 646. The van der Waals surface area contributed by atoms with E-state index in [9.17, 15) is 15.0 Å². The summed E-state index contributed by atoms with van der Waals surface area (Å²) in [5.74, 6) is -0.883. The monoisotopic (exact) mass is 309 g/mol. The molecule has 2 rings (SSSR count). The van der Waals surface area contributed by atoms with Crippen LogP contribution in [0.25, 0.3) is 0 Å². The van der Waals surface area contributed by atoms with Crippen molar-refractivity contribution in [2.24, 2.45) is 0 Å². The van der Waals surface area contributed by atoms with Crippen LogP contribution in [0.2, 0.25) is 0 Å². The van der Waals surface area contributed by atoms with Crippen molar-refractivity contribution in [3.63, 3.8) is 0 Å². The number of carbonyl (C=O) groups excluding carboxylic acids is 1. The molecule has 22 heavy (non-hydrogen) atoms. The predicted octanol–water partition coefficient (Wildman–Crippen LogP) is -1.58. The van der Waals surface area contributed by atoms with E-state index in [0.717, 1.165) is 17.7 Å². The normalized spacial score (nSPS) is 9.68. The van der Waals surface area contributed by atoms with Gasteiger partial charge in [-0.15, -0.1) is 0 Å². The van der Waals surface area contributed by atoms with Gasteiger partial charge in [-0.2, -0.15) is 0 Å². The molecule has 0 aliphatic carbocycles. The van der Waals surface area contributed by atoms with Gasteiger partial charge in [-0.05, 0) is 36.2 Å². The first-order valence-corrected chi connectivity index (χ1v) is 6.52. The van der Waals surface area contributed by atoms with E-state index < -0.39 is 5.97 Å². The van der Waals surface area contributed by atoms with Crippen molar-refractivity contribution in [2.75, 3.05) is 19.0 Å². The zero-order valence-electron chi connectivity index (χ0n) is 12.6. The average Bonchev–Trinajstić information content (AvgIpc) is 2.49. The van der Waals surface area contributed by atoms with Crippen LogP contribution in [0.5, 0.6) is 11.5 Å². The van der Waals surface area contributed by atoms with Gasteiger partial charge in [0.1, 0.15) is 11.5 Å². The minimum absolute atomic E-state index is 0. The van der Waals surface area contributed by atoms with Crippen LogP contribution in [0.4, 0.5) is 5.69 Å². The number of ether oxygens (including phenoxy) is 1. The molecule has 0 atom stereocenters. The summed E-state index contributed by atoms with van der Waals surface area (Å²) in [5, 5.41) is 23.4. The number of benzene rings is 2. The largest absolute Gasteiger partial charge is 1.00 e. The van der Waals surface area contributed by atoms with Crippen LogP contribution in [-0.4, -0.2) is 24.7 Å². The van der Waals surface area contributed by atoms with Gasteiger partial charge in [-0.3, -0.25) is 0 Å². The molecule has 0 amide bonds. The number of hydrogen-bond acceptors (Lipinski definition) is 5. The molecule has 0 aliphatic heterocycles. The summed E-state index contributed by atoms with van der Waals surface area (Å²) in [7, 11) is 1.62. The van der Waals surface area contributed by atoms with Gasteiger partial charge in [0, 0.05) is 17.8 Å². The molecule has 6 heteroatoms. The maximum atomic E-state index is 10.8. The smallest absolute Gasteiger partial charge is 0.545 e. The van der Waals surface area contributed by atoms with Crippen molar-refractivity contribution in [1.29, 1.82) is 0 Å². The van der Waals surface area contributed by atoms with Gasteiger partial charge in [-0.1, -0.05) is 18.2 Å². The number of aromatic carboxylic acids is 1. The Morgan fingerprint density at radius 3 is 2.68 bits per heavy atom. The molecule has 0 saturated carbocycles. The second-order valence-corrected chi connectivity index (χ2v) is 4.51. The fraction of sp³-hybridized carbons (Fsp3) is 0.188. The van der Waals surface area contributed by atoms with Crippen molar-refractivity contribution in [2.45, 2.75) is 6.42 Å². The Balaban J connectivity index is 0.00000242. The van der Waals surface area contributed by atoms with E-state index in [2.05, 4.69) is 5.32 Å². The molecule has 0 heterocycles. The number of rotatable bonds is 6. The number of carboxylic acids is 1. The predicted molar refractivity (Wildman–Crippen MR) is 77.6 cm³/mol. The summed E-state index contributed by atoms with van der Waals surface area (Å²) < 4.78 is 5.27. The third-order valence-corrected chi connectivity index (χ3v) is 3.13. The van der Waals surface area contributed by atoms with Gasteiger partial charge in [0.05, 0.1) is 13.1 Å². The topological polar surface area (TPSA) is 81.6 Å². The van der Waals surface area contributed by atoms with Crippen molar-refractivity contribution < 1.29 is 49.3 Å². The van der Waals surface area contributed by atoms with Crippen LogP contribution in [0.3, 0.4) is 0 Å². The molecular weight excluding hydrogens is 293 g/mol.